The normalized spacial score (nSPS) is 11.3. The molecule has 0 aromatic heterocycles. The molecule has 0 aliphatic heterocycles. The Bertz CT molecular complexity index is 996. The van der Waals surface area contributed by atoms with Crippen LogP contribution in [0.1, 0.15) is 16.7 Å². The monoisotopic (exact) mass is 433 g/mol. The van der Waals surface area contributed by atoms with Gasteiger partial charge in [0.2, 0.25) is 0 Å². The van der Waals surface area contributed by atoms with Crippen molar-refractivity contribution >= 4 is 24.6 Å². The van der Waals surface area contributed by atoms with Gasteiger partial charge in [-0.15, -0.1) is 0 Å². The van der Waals surface area contributed by atoms with E-state index in [1.807, 2.05) is 60.7 Å². The van der Waals surface area contributed by atoms with Crippen LogP contribution in [-0.4, -0.2) is 35.3 Å². The summed E-state index contributed by atoms with van der Waals surface area (Å²) < 4.78 is 10.6. The fourth-order valence-electron chi connectivity index (χ4n) is 2.99. The van der Waals surface area contributed by atoms with Crippen LogP contribution in [0.5, 0.6) is 0 Å². The zero-order valence-corrected chi connectivity index (χ0v) is 17.4. The Hall–Kier alpha value is -3.62. The average Bonchev–Trinajstić information content (AvgIpc) is 2.82. The number of carbonyl (C=O) groups excluding carboxylic acids is 2. The fraction of sp³-hybridized carbons (Fsp3) is 0.167. The first-order valence-corrected chi connectivity index (χ1v) is 10.1. The van der Waals surface area contributed by atoms with Gasteiger partial charge in [0.05, 0.1) is 0 Å². The van der Waals surface area contributed by atoms with Crippen LogP contribution in [0.15, 0.2) is 84.9 Å². The van der Waals surface area contributed by atoms with Gasteiger partial charge in [0, 0.05) is 6.42 Å². The molecule has 7 nitrogen and oxygen atoms in total. The molecule has 0 saturated carbocycles. The van der Waals surface area contributed by atoms with Crippen LogP contribution in [0.2, 0.25) is 0 Å². The van der Waals surface area contributed by atoms with Crippen molar-refractivity contribution in [2.75, 3.05) is 0 Å². The van der Waals surface area contributed by atoms with Crippen molar-refractivity contribution in [3.05, 3.63) is 102 Å². The molecule has 0 fully saturated rings. The van der Waals surface area contributed by atoms with Gasteiger partial charge in [-0.2, -0.15) is 0 Å². The third kappa shape index (κ3) is 7.26. The van der Waals surface area contributed by atoms with Crippen LogP contribution in [0.3, 0.4) is 0 Å². The van der Waals surface area contributed by atoms with E-state index in [1.165, 1.54) is 0 Å². The van der Waals surface area contributed by atoms with Gasteiger partial charge in [0.15, 0.2) is 0 Å². The van der Waals surface area contributed by atoms with Gasteiger partial charge in [-0.25, -0.2) is 9.59 Å². The van der Waals surface area contributed by atoms with Gasteiger partial charge in [0.25, 0.3) is 0 Å². The fourth-order valence-corrected chi connectivity index (χ4v) is 2.99. The molecule has 3 aromatic rings. The molecule has 3 rings (SSSR count). The van der Waals surface area contributed by atoms with Gasteiger partial charge in [-0.05, 0) is 22.2 Å². The van der Waals surface area contributed by atoms with E-state index in [9.17, 15) is 19.6 Å². The average molecular weight is 433 g/mol. The van der Waals surface area contributed by atoms with E-state index < -0.39 is 25.2 Å². The van der Waals surface area contributed by atoms with E-state index in [-0.39, 0.29) is 19.6 Å². The zero-order valence-electron chi connectivity index (χ0n) is 17.4. The lowest BCUT2D eigenvalue weighted by molar-refractivity contribution is -0.147. The Kier molecular flexibility index (Phi) is 8.42. The predicted octanol–water partition coefficient (Wildman–Crippen LogP) is 1.95. The third-order valence-corrected chi connectivity index (χ3v) is 4.73. The maximum atomic E-state index is 12.7. The lowest BCUT2D eigenvalue weighted by atomic mass is 9.80. The minimum Gasteiger partial charge on any atom is -0.459 e. The molecule has 0 unspecified atom stereocenters. The van der Waals surface area contributed by atoms with Crippen LogP contribution >= 0.6 is 0 Å². The van der Waals surface area contributed by atoms with E-state index in [4.69, 9.17) is 9.47 Å². The first-order valence-electron chi connectivity index (χ1n) is 10.1. The van der Waals surface area contributed by atoms with E-state index in [0.717, 1.165) is 11.1 Å². The number of alkyl carbamates (subject to hydrolysis) is 1. The minimum atomic E-state index is -1.58. The van der Waals surface area contributed by atoms with E-state index in [1.54, 1.807) is 24.3 Å². The largest absolute Gasteiger partial charge is 0.488 e. The minimum absolute atomic E-state index is 0.0710. The second-order valence-corrected chi connectivity index (χ2v) is 7.17. The summed E-state index contributed by atoms with van der Waals surface area (Å²) in [6, 6.07) is 23.8. The van der Waals surface area contributed by atoms with Crippen LogP contribution in [-0.2, 0) is 33.9 Å². The highest BCUT2D eigenvalue weighted by Gasteiger charge is 2.24. The third-order valence-electron chi connectivity index (χ3n) is 4.73. The quantitative estimate of drug-likeness (QED) is 0.352. The maximum absolute atomic E-state index is 12.7. The summed E-state index contributed by atoms with van der Waals surface area (Å²) in [6.45, 7) is 0.147. The molecule has 3 aromatic carbocycles. The smallest absolute Gasteiger partial charge is 0.459 e. The van der Waals surface area contributed by atoms with Gasteiger partial charge >= 0.3 is 19.2 Å². The summed E-state index contributed by atoms with van der Waals surface area (Å²) in [4.78, 5) is 25.1. The Morgan fingerprint density at radius 2 is 1.28 bits per heavy atom. The molecule has 0 saturated heterocycles. The standard InChI is InChI=1S/C24H24BNO6/c27-23(31-16-19-7-3-1-4-8-19)22(15-18-11-13-21(14-12-18)25(29)30)26-24(28)32-17-20-9-5-2-6-10-20/h1-14,22,29-30H,15-17H2,(H,26,28)/t22-/m1/s1. The lowest BCUT2D eigenvalue weighted by Gasteiger charge is -2.18. The van der Waals surface area contributed by atoms with Crippen molar-refractivity contribution in [2.45, 2.75) is 25.7 Å². The first-order chi connectivity index (χ1) is 15.5. The summed E-state index contributed by atoms with van der Waals surface area (Å²) in [6.07, 6.45) is -0.589. The number of hydrogen-bond acceptors (Lipinski definition) is 6. The number of carbonyl (C=O) groups is 2. The Labute approximate surface area is 186 Å². The lowest BCUT2D eigenvalue weighted by Crippen LogP contribution is -2.43. The molecular formula is C24H24BNO6. The second kappa shape index (κ2) is 11.7. The molecule has 0 aliphatic carbocycles. The highest BCUT2D eigenvalue weighted by atomic mass is 16.6. The summed E-state index contributed by atoms with van der Waals surface area (Å²) >= 11 is 0. The highest BCUT2D eigenvalue weighted by Crippen LogP contribution is 2.08. The number of nitrogens with one attached hydrogen (secondary N) is 1. The molecule has 0 aliphatic rings. The van der Waals surface area contributed by atoms with Crippen LogP contribution in [0, 0.1) is 0 Å². The Morgan fingerprint density at radius 1 is 0.750 bits per heavy atom. The van der Waals surface area contributed by atoms with Gasteiger partial charge in [0.1, 0.15) is 19.3 Å². The molecule has 1 atom stereocenters. The molecule has 8 heteroatoms. The van der Waals surface area contributed by atoms with Crippen molar-refractivity contribution in [2.24, 2.45) is 0 Å². The number of benzene rings is 3. The van der Waals surface area contributed by atoms with Crippen LogP contribution in [0.4, 0.5) is 4.79 Å². The topological polar surface area (TPSA) is 105 Å². The molecule has 0 radical (unpaired) electrons. The van der Waals surface area contributed by atoms with E-state index in [2.05, 4.69) is 5.32 Å². The van der Waals surface area contributed by atoms with Crippen molar-refractivity contribution in [3.63, 3.8) is 0 Å². The highest BCUT2D eigenvalue weighted by molar-refractivity contribution is 6.58. The maximum Gasteiger partial charge on any atom is 0.488 e. The van der Waals surface area contributed by atoms with Crippen molar-refractivity contribution in [1.29, 1.82) is 0 Å². The Balaban J connectivity index is 1.64. The number of hydrogen-bond donors (Lipinski definition) is 3. The molecule has 3 N–H and O–H groups in total. The summed E-state index contributed by atoms with van der Waals surface area (Å²) in [5, 5.41) is 21.1. The predicted molar refractivity (Wildman–Crippen MR) is 120 cm³/mol. The zero-order chi connectivity index (χ0) is 22.8. The van der Waals surface area contributed by atoms with Gasteiger partial charge in [-0.1, -0.05) is 84.9 Å². The summed E-state index contributed by atoms with van der Waals surface area (Å²) in [7, 11) is -1.58. The van der Waals surface area contributed by atoms with E-state index in [0.29, 0.717) is 11.0 Å². The van der Waals surface area contributed by atoms with Crippen LogP contribution in [0.25, 0.3) is 0 Å². The summed E-state index contributed by atoms with van der Waals surface area (Å²) in [5.41, 5.74) is 2.68. The molecule has 32 heavy (non-hydrogen) atoms. The van der Waals surface area contributed by atoms with Crippen molar-refractivity contribution < 1.29 is 29.1 Å². The number of amides is 1. The van der Waals surface area contributed by atoms with Crippen molar-refractivity contribution in [3.8, 4) is 0 Å². The Morgan fingerprint density at radius 3 is 1.81 bits per heavy atom. The van der Waals surface area contributed by atoms with E-state index >= 15 is 0 Å². The number of ether oxygens (including phenoxy) is 2. The molecule has 164 valence electrons. The number of esters is 1. The molecule has 1 amide bonds. The molecular weight excluding hydrogens is 409 g/mol. The van der Waals surface area contributed by atoms with Crippen molar-refractivity contribution in [1.82, 2.24) is 5.32 Å². The van der Waals surface area contributed by atoms with Gasteiger partial charge in [-0.3, -0.25) is 0 Å². The molecule has 0 spiro atoms. The summed E-state index contributed by atoms with van der Waals surface area (Å²) in [5.74, 6) is -0.600. The molecule has 0 heterocycles. The number of rotatable bonds is 9. The van der Waals surface area contributed by atoms with Gasteiger partial charge < -0.3 is 24.8 Å². The van der Waals surface area contributed by atoms with Crippen LogP contribution < -0.4 is 10.8 Å². The molecule has 0 bridgehead atoms. The first kappa shape index (κ1) is 23.1. The SMILES string of the molecule is O=C(N[C@H](Cc1ccc(B(O)O)cc1)C(=O)OCc1ccccc1)OCc1ccccc1. The second-order valence-electron chi connectivity index (χ2n) is 7.17.